The first kappa shape index (κ1) is 24.9. The molecule has 0 aromatic rings. The first-order valence-electron chi connectivity index (χ1n) is 11.2. The Morgan fingerprint density at radius 3 is 2.35 bits per heavy atom. The molecule has 0 bridgehead atoms. The van der Waals surface area contributed by atoms with Crippen molar-refractivity contribution in [2.45, 2.75) is 69.5 Å². The summed E-state index contributed by atoms with van der Waals surface area (Å²) in [5.41, 5.74) is -4.83. The minimum atomic E-state index is -2.22. The monoisotopic (exact) mass is 496 g/mol. The van der Waals surface area contributed by atoms with Crippen LogP contribution in [0.25, 0.3) is 0 Å². The molecule has 34 heavy (non-hydrogen) atoms. The van der Waals surface area contributed by atoms with Gasteiger partial charge in [0.1, 0.15) is 6.10 Å². The fourth-order valence-electron chi connectivity index (χ4n) is 6.59. The smallest absolute Gasteiger partial charge is 0.312 e. The molecule has 0 aromatic carbocycles. The molecular formula is C24H29ClO9. The maximum Gasteiger partial charge on any atom is 0.312 e. The minimum absolute atomic E-state index is 0.0653. The second-order valence-electron chi connectivity index (χ2n) is 10.2. The van der Waals surface area contributed by atoms with Gasteiger partial charge in [-0.2, -0.15) is 0 Å². The van der Waals surface area contributed by atoms with Crippen molar-refractivity contribution in [3.8, 4) is 0 Å². The molecule has 0 radical (unpaired) electrons. The Kier molecular flexibility index (Phi) is 5.59. The summed E-state index contributed by atoms with van der Waals surface area (Å²) in [7, 11) is 0. The molecule has 6 unspecified atom stereocenters. The highest BCUT2D eigenvalue weighted by molar-refractivity contribution is 6.23. The Balaban J connectivity index is 2.00. The number of hydrogen-bond acceptors (Lipinski definition) is 9. The number of esters is 3. The summed E-state index contributed by atoms with van der Waals surface area (Å²) >= 11 is 6.59. The molecule has 0 spiro atoms. The predicted molar refractivity (Wildman–Crippen MR) is 117 cm³/mol. The van der Waals surface area contributed by atoms with Crippen LogP contribution in [0.3, 0.4) is 0 Å². The number of Topliss-reactive ketones (excluding diaryl/α,β-unsaturated/α-hetero) is 1. The van der Waals surface area contributed by atoms with E-state index in [2.05, 4.69) is 6.58 Å². The van der Waals surface area contributed by atoms with Crippen molar-refractivity contribution >= 4 is 35.3 Å². The van der Waals surface area contributed by atoms with Crippen molar-refractivity contribution in [2.24, 2.45) is 29.1 Å². The number of halogens is 1. The molecule has 9 nitrogen and oxygen atoms in total. The van der Waals surface area contributed by atoms with Gasteiger partial charge in [0.05, 0.1) is 23.3 Å². The van der Waals surface area contributed by atoms with Gasteiger partial charge in [0.15, 0.2) is 23.1 Å². The van der Waals surface area contributed by atoms with Gasteiger partial charge in [-0.3, -0.25) is 19.2 Å². The van der Waals surface area contributed by atoms with Crippen LogP contribution in [0.1, 0.15) is 34.6 Å². The number of hydrogen-bond donors (Lipinski definition) is 2. The quantitative estimate of drug-likeness (QED) is 0.249. The standard InChI is InChI=1S/C24H29ClO9/c1-9-14(28)8-7-13-15-18(29)23(6,34-12(4)27)17(22(13,15)5)20(32-11(3)26)24(31)10(2)21(30)33-19(24)16(9)25/h7-8,10,13-17,19-20,28,31H,1H2,2-6H3/b8-7+/t10?,13-,14?,15-,16?,17?,19?,20-,22-,23-,24?/m0/s1. The molecule has 2 saturated carbocycles. The van der Waals surface area contributed by atoms with Crippen LogP contribution in [-0.4, -0.2) is 68.8 Å². The molecule has 2 N–H and O–H groups in total. The van der Waals surface area contributed by atoms with Crippen molar-refractivity contribution in [3.05, 3.63) is 24.3 Å². The molecule has 4 rings (SSSR count). The van der Waals surface area contributed by atoms with Gasteiger partial charge < -0.3 is 24.4 Å². The van der Waals surface area contributed by atoms with E-state index < -0.39 is 87.7 Å². The highest BCUT2D eigenvalue weighted by Crippen LogP contribution is 2.75. The van der Waals surface area contributed by atoms with Gasteiger partial charge in [-0.05, 0) is 30.8 Å². The molecule has 0 aromatic heterocycles. The number of aliphatic hydroxyl groups excluding tert-OH is 1. The van der Waals surface area contributed by atoms with E-state index in [0.717, 1.165) is 13.8 Å². The highest BCUT2D eigenvalue weighted by atomic mass is 35.5. The van der Waals surface area contributed by atoms with Crippen molar-refractivity contribution in [2.75, 3.05) is 0 Å². The topological polar surface area (TPSA) is 136 Å². The number of fused-ring (bicyclic) bond motifs is 2. The van der Waals surface area contributed by atoms with E-state index in [4.69, 9.17) is 25.8 Å². The third-order valence-electron chi connectivity index (χ3n) is 8.33. The van der Waals surface area contributed by atoms with Crippen LogP contribution in [-0.2, 0) is 33.4 Å². The number of ketones is 1. The zero-order valence-electron chi connectivity index (χ0n) is 19.6. The number of carbonyl (C=O) groups is 4. The summed E-state index contributed by atoms with van der Waals surface area (Å²) in [5, 5.41) is 21.6. The van der Waals surface area contributed by atoms with Crippen LogP contribution >= 0.6 is 11.6 Å². The summed E-state index contributed by atoms with van der Waals surface area (Å²) in [5.74, 6) is -5.99. The van der Waals surface area contributed by atoms with Crippen LogP contribution in [0.4, 0.5) is 0 Å². The summed E-state index contributed by atoms with van der Waals surface area (Å²) in [6, 6.07) is 0. The maximum atomic E-state index is 13.6. The average molecular weight is 497 g/mol. The molecule has 4 aliphatic rings. The fourth-order valence-corrected chi connectivity index (χ4v) is 6.97. The lowest BCUT2D eigenvalue weighted by molar-refractivity contribution is -0.214. The molecular weight excluding hydrogens is 468 g/mol. The zero-order chi connectivity index (χ0) is 25.5. The largest absolute Gasteiger partial charge is 0.459 e. The number of aliphatic hydroxyl groups is 2. The normalized spacial score (nSPS) is 50.4. The fraction of sp³-hybridized carbons (Fsp3) is 0.667. The third kappa shape index (κ3) is 3.06. The maximum absolute atomic E-state index is 13.6. The molecule has 10 heteroatoms. The number of allylic oxidation sites excluding steroid dienone is 1. The Morgan fingerprint density at radius 1 is 1.18 bits per heavy atom. The summed E-state index contributed by atoms with van der Waals surface area (Å²) in [6.45, 7) is 10.7. The van der Waals surface area contributed by atoms with E-state index in [0.29, 0.717) is 0 Å². The summed E-state index contributed by atoms with van der Waals surface area (Å²) in [4.78, 5) is 50.7. The van der Waals surface area contributed by atoms with Gasteiger partial charge in [-0.25, -0.2) is 0 Å². The van der Waals surface area contributed by atoms with Gasteiger partial charge in [0.2, 0.25) is 0 Å². The van der Waals surface area contributed by atoms with Crippen LogP contribution in [0.2, 0.25) is 0 Å². The molecule has 3 aliphatic carbocycles. The average Bonchev–Trinajstić information content (AvgIpc) is 3.19. The molecule has 3 fully saturated rings. The number of rotatable bonds is 2. The van der Waals surface area contributed by atoms with Crippen LogP contribution in [0.5, 0.6) is 0 Å². The lowest BCUT2D eigenvalue weighted by atomic mass is 9.66. The van der Waals surface area contributed by atoms with Gasteiger partial charge in [0.25, 0.3) is 0 Å². The van der Waals surface area contributed by atoms with E-state index >= 15 is 0 Å². The van der Waals surface area contributed by atoms with Gasteiger partial charge in [-0.15, -0.1) is 11.6 Å². The van der Waals surface area contributed by atoms with Crippen LogP contribution < -0.4 is 0 Å². The van der Waals surface area contributed by atoms with Gasteiger partial charge >= 0.3 is 17.9 Å². The van der Waals surface area contributed by atoms with E-state index in [9.17, 15) is 29.4 Å². The van der Waals surface area contributed by atoms with Gasteiger partial charge in [0, 0.05) is 19.8 Å². The number of ether oxygens (including phenoxy) is 3. The molecule has 1 heterocycles. The van der Waals surface area contributed by atoms with E-state index in [-0.39, 0.29) is 5.57 Å². The summed E-state index contributed by atoms with van der Waals surface area (Å²) in [6.07, 6.45) is -1.10. The number of carbonyl (C=O) groups excluding carboxylic acids is 4. The molecule has 11 atom stereocenters. The first-order valence-corrected chi connectivity index (χ1v) is 11.6. The zero-order valence-corrected chi connectivity index (χ0v) is 20.4. The first-order chi connectivity index (χ1) is 15.6. The minimum Gasteiger partial charge on any atom is -0.459 e. The molecule has 0 amide bonds. The lowest BCUT2D eigenvalue weighted by Gasteiger charge is -2.47. The van der Waals surface area contributed by atoms with Crippen LogP contribution in [0, 0.1) is 29.1 Å². The Hall–Kier alpha value is -2.23. The molecule has 1 aliphatic heterocycles. The van der Waals surface area contributed by atoms with Crippen molar-refractivity contribution in [1.29, 1.82) is 0 Å². The van der Waals surface area contributed by atoms with Crippen molar-refractivity contribution in [3.63, 3.8) is 0 Å². The Labute approximate surface area is 202 Å². The van der Waals surface area contributed by atoms with Gasteiger partial charge in [-0.1, -0.05) is 25.7 Å². The second-order valence-corrected chi connectivity index (χ2v) is 10.7. The highest BCUT2D eigenvalue weighted by Gasteiger charge is 2.84. The van der Waals surface area contributed by atoms with E-state index in [1.165, 1.54) is 19.9 Å². The molecule has 1 saturated heterocycles. The SMILES string of the molecule is C=C1C(O)/C=C/[C@H]2[C@H]3C(=O)[C@@](C)(OC(C)=O)C([C@H](OC(C)=O)C4(O)C(C)C(=O)OC4C1Cl)[C@]32C. The third-order valence-corrected chi connectivity index (χ3v) is 8.84. The van der Waals surface area contributed by atoms with E-state index in [1.807, 2.05) is 0 Å². The summed E-state index contributed by atoms with van der Waals surface area (Å²) < 4.78 is 16.7. The Morgan fingerprint density at radius 2 is 1.79 bits per heavy atom. The van der Waals surface area contributed by atoms with Crippen LogP contribution in [0.15, 0.2) is 24.3 Å². The lowest BCUT2D eigenvalue weighted by Crippen LogP contribution is -2.65. The van der Waals surface area contributed by atoms with Crippen molar-refractivity contribution in [1.82, 2.24) is 0 Å². The predicted octanol–water partition coefficient (Wildman–Crippen LogP) is 1.08. The van der Waals surface area contributed by atoms with E-state index in [1.54, 1.807) is 13.0 Å². The Bertz CT molecular complexity index is 1020. The molecule has 186 valence electrons. The van der Waals surface area contributed by atoms with Crippen molar-refractivity contribution < 1.29 is 43.6 Å². The second kappa shape index (κ2) is 7.63. The number of alkyl halides is 1.